The van der Waals surface area contributed by atoms with E-state index in [0.29, 0.717) is 24.5 Å². The number of aryl methyl sites for hydroxylation is 1. The molecule has 0 saturated heterocycles. The number of carbonyl (C=O) groups excluding carboxylic acids is 1. The third-order valence-corrected chi connectivity index (χ3v) is 6.49. The van der Waals surface area contributed by atoms with Gasteiger partial charge in [-0.2, -0.15) is 4.98 Å². The number of benzene rings is 1. The van der Waals surface area contributed by atoms with Gasteiger partial charge >= 0.3 is 6.03 Å². The zero-order chi connectivity index (χ0) is 23.4. The lowest BCUT2D eigenvalue weighted by Crippen LogP contribution is -2.36. The Labute approximate surface area is 193 Å². The molecule has 33 heavy (non-hydrogen) atoms. The Morgan fingerprint density at radius 3 is 2.55 bits per heavy atom. The molecule has 3 N–H and O–H groups in total. The highest BCUT2D eigenvalue weighted by molar-refractivity contribution is 5.89. The topological polar surface area (TPSA) is 82.2 Å². The second kappa shape index (κ2) is 10.3. The van der Waals surface area contributed by atoms with E-state index in [1.165, 1.54) is 30.2 Å². The van der Waals surface area contributed by atoms with Crippen molar-refractivity contribution < 1.29 is 13.6 Å². The predicted molar refractivity (Wildman–Crippen MR) is 126 cm³/mol. The Bertz CT molecular complexity index is 991. The smallest absolute Gasteiger partial charge is 0.319 e. The minimum atomic E-state index is -0.987. The maximum Gasteiger partial charge on any atom is 0.319 e. The highest BCUT2D eigenvalue weighted by Crippen LogP contribution is 2.30. The fourth-order valence-electron chi connectivity index (χ4n) is 4.69. The Kier molecular flexibility index (Phi) is 7.25. The second-order valence-corrected chi connectivity index (χ2v) is 9.22. The van der Waals surface area contributed by atoms with E-state index in [4.69, 9.17) is 9.97 Å². The van der Waals surface area contributed by atoms with Gasteiger partial charge < -0.3 is 20.9 Å². The molecule has 1 aromatic carbocycles. The van der Waals surface area contributed by atoms with Crippen LogP contribution in [0.3, 0.4) is 0 Å². The van der Waals surface area contributed by atoms with Crippen LogP contribution in [0.4, 0.5) is 31.0 Å². The summed E-state index contributed by atoms with van der Waals surface area (Å²) < 4.78 is 26.3. The molecular formula is C24H32F2N6O. The number of hydrogen-bond donors (Lipinski definition) is 3. The summed E-state index contributed by atoms with van der Waals surface area (Å²) in [7, 11) is 4.06. The number of aromatic nitrogens is 2. The summed E-state index contributed by atoms with van der Waals surface area (Å²) in [6.45, 7) is 0.544. The maximum atomic E-state index is 13.3. The van der Waals surface area contributed by atoms with E-state index in [9.17, 15) is 13.6 Å². The third-order valence-electron chi connectivity index (χ3n) is 6.49. The van der Waals surface area contributed by atoms with E-state index >= 15 is 0 Å². The molecule has 0 spiro atoms. The summed E-state index contributed by atoms with van der Waals surface area (Å²) in [6, 6.07) is 3.19. The summed E-state index contributed by atoms with van der Waals surface area (Å²) >= 11 is 0. The lowest BCUT2D eigenvalue weighted by molar-refractivity contribution is 0.246. The molecule has 1 saturated carbocycles. The van der Waals surface area contributed by atoms with E-state index in [2.05, 4.69) is 20.9 Å². The average Bonchev–Trinajstić information content (AvgIpc) is 2.80. The van der Waals surface area contributed by atoms with Crippen molar-refractivity contribution in [3.63, 3.8) is 0 Å². The molecule has 4 rings (SSSR count). The molecule has 1 aromatic heterocycles. The van der Waals surface area contributed by atoms with E-state index in [0.717, 1.165) is 56.5 Å². The Morgan fingerprint density at radius 2 is 1.82 bits per heavy atom. The van der Waals surface area contributed by atoms with Crippen molar-refractivity contribution >= 4 is 23.5 Å². The summed E-state index contributed by atoms with van der Waals surface area (Å²) in [5, 5.41) is 8.92. The van der Waals surface area contributed by atoms with Crippen LogP contribution >= 0.6 is 0 Å². The fourth-order valence-corrected chi connectivity index (χ4v) is 4.69. The maximum absolute atomic E-state index is 13.3. The van der Waals surface area contributed by atoms with Crippen LogP contribution in [0.2, 0.25) is 0 Å². The van der Waals surface area contributed by atoms with Gasteiger partial charge in [0.25, 0.3) is 0 Å². The van der Waals surface area contributed by atoms with Crippen molar-refractivity contribution in [3.05, 3.63) is 41.1 Å². The largest absolute Gasteiger partial charge is 0.362 e. The van der Waals surface area contributed by atoms with Crippen LogP contribution in [0.15, 0.2) is 18.2 Å². The first kappa shape index (κ1) is 23.2. The van der Waals surface area contributed by atoms with Crippen LogP contribution in [0, 0.1) is 17.6 Å². The van der Waals surface area contributed by atoms with Gasteiger partial charge in [-0.25, -0.2) is 18.6 Å². The van der Waals surface area contributed by atoms with E-state index < -0.39 is 17.7 Å². The SMILES string of the molecule is CN(C)c1nc(NC2CCC(CNC(=O)Nc3ccc(F)c(F)c3)CC2)nc2c1CCCC2. The van der Waals surface area contributed by atoms with Crippen molar-refractivity contribution in [1.82, 2.24) is 15.3 Å². The summed E-state index contributed by atoms with van der Waals surface area (Å²) in [5.74, 6) is 0.184. The summed E-state index contributed by atoms with van der Waals surface area (Å²) in [4.78, 5) is 23.8. The molecule has 2 aromatic rings. The van der Waals surface area contributed by atoms with Crippen molar-refractivity contribution in [2.75, 3.05) is 36.2 Å². The van der Waals surface area contributed by atoms with Gasteiger partial charge in [0, 0.05) is 44.0 Å². The number of hydrogen-bond acceptors (Lipinski definition) is 5. The highest BCUT2D eigenvalue weighted by Gasteiger charge is 2.24. The molecule has 0 bridgehead atoms. The van der Waals surface area contributed by atoms with Gasteiger partial charge in [0.05, 0.1) is 5.69 Å². The molecular weight excluding hydrogens is 426 g/mol. The molecule has 0 atom stereocenters. The normalized spacial score (nSPS) is 20.0. The van der Waals surface area contributed by atoms with Gasteiger partial charge in [-0.3, -0.25) is 0 Å². The summed E-state index contributed by atoms with van der Waals surface area (Å²) in [5.41, 5.74) is 2.68. The lowest BCUT2D eigenvalue weighted by Gasteiger charge is -2.30. The second-order valence-electron chi connectivity index (χ2n) is 9.22. The standard InChI is InChI=1S/C24H32F2N6O/c1-32(2)22-18-5-3-4-6-21(18)30-23(31-22)28-16-9-7-15(8-10-16)14-27-24(33)29-17-11-12-19(25)20(26)13-17/h11-13,15-16H,3-10,14H2,1-2H3,(H2,27,29,33)(H,28,30,31). The fraction of sp³-hybridized carbons (Fsp3) is 0.542. The number of carbonyl (C=O) groups is 1. The van der Waals surface area contributed by atoms with E-state index in [1.807, 2.05) is 14.1 Å². The molecule has 9 heteroatoms. The molecule has 0 aliphatic heterocycles. The number of halogens is 2. The predicted octanol–water partition coefficient (Wildman–Crippen LogP) is 4.49. The molecule has 7 nitrogen and oxygen atoms in total. The van der Waals surface area contributed by atoms with Crippen LogP contribution < -0.4 is 20.9 Å². The first-order valence-corrected chi connectivity index (χ1v) is 11.7. The lowest BCUT2D eigenvalue weighted by atomic mass is 9.86. The Hall–Kier alpha value is -2.97. The van der Waals surface area contributed by atoms with Gasteiger partial charge in [-0.15, -0.1) is 0 Å². The molecule has 178 valence electrons. The van der Waals surface area contributed by atoms with Crippen molar-refractivity contribution in [1.29, 1.82) is 0 Å². The van der Waals surface area contributed by atoms with Gasteiger partial charge in [0.2, 0.25) is 5.95 Å². The zero-order valence-corrected chi connectivity index (χ0v) is 19.3. The molecule has 1 fully saturated rings. The number of fused-ring (bicyclic) bond motifs is 1. The van der Waals surface area contributed by atoms with E-state index in [-0.39, 0.29) is 5.69 Å². The van der Waals surface area contributed by atoms with Crippen LogP contribution in [0.25, 0.3) is 0 Å². The van der Waals surface area contributed by atoms with E-state index in [1.54, 1.807) is 0 Å². The number of nitrogens with one attached hydrogen (secondary N) is 3. The number of urea groups is 1. The first-order valence-electron chi connectivity index (χ1n) is 11.7. The van der Waals surface area contributed by atoms with Crippen LogP contribution in [0.5, 0.6) is 0 Å². The molecule has 2 amide bonds. The monoisotopic (exact) mass is 458 g/mol. The molecule has 0 unspecified atom stereocenters. The van der Waals surface area contributed by atoms with Gasteiger partial charge in [0.15, 0.2) is 11.6 Å². The molecule has 2 aliphatic rings. The Morgan fingerprint density at radius 1 is 1.06 bits per heavy atom. The number of anilines is 3. The average molecular weight is 459 g/mol. The number of amides is 2. The molecule has 1 heterocycles. The minimum absolute atomic E-state index is 0.224. The minimum Gasteiger partial charge on any atom is -0.362 e. The van der Waals surface area contributed by atoms with Crippen molar-refractivity contribution in [2.45, 2.75) is 57.4 Å². The van der Waals surface area contributed by atoms with Gasteiger partial charge in [0.1, 0.15) is 5.82 Å². The molecule has 2 aliphatic carbocycles. The highest BCUT2D eigenvalue weighted by atomic mass is 19.2. The quantitative estimate of drug-likeness (QED) is 0.594. The van der Waals surface area contributed by atoms with Crippen LogP contribution in [0.1, 0.15) is 49.8 Å². The zero-order valence-electron chi connectivity index (χ0n) is 19.3. The van der Waals surface area contributed by atoms with Gasteiger partial charge in [-0.1, -0.05) is 0 Å². The van der Waals surface area contributed by atoms with Gasteiger partial charge in [-0.05, 0) is 69.4 Å². The van der Waals surface area contributed by atoms with Crippen molar-refractivity contribution in [3.8, 4) is 0 Å². The van der Waals surface area contributed by atoms with Crippen LogP contribution in [-0.4, -0.2) is 42.7 Å². The number of nitrogens with zero attached hydrogens (tertiary/aromatic N) is 3. The third kappa shape index (κ3) is 5.89. The van der Waals surface area contributed by atoms with Crippen LogP contribution in [-0.2, 0) is 12.8 Å². The molecule has 0 radical (unpaired) electrons. The van der Waals surface area contributed by atoms with Crippen molar-refractivity contribution in [2.24, 2.45) is 5.92 Å². The Balaban J connectivity index is 1.25. The summed E-state index contributed by atoms with van der Waals surface area (Å²) in [6.07, 6.45) is 8.36. The first-order chi connectivity index (χ1) is 15.9. The number of rotatable bonds is 6.